The zero-order valence-electron chi connectivity index (χ0n) is 13.3. The molecule has 4 heteroatoms. The number of carbonyl (C=O) groups is 1. The van der Waals surface area contributed by atoms with E-state index in [1.165, 1.54) is 0 Å². The molecule has 4 nitrogen and oxygen atoms in total. The molecule has 1 fully saturated rings. The number of nitrogens with two attached hydrogens (primary N) is 1. The Morgan fingerprint density at radius 2 is 2.10 bits per heavy atom. The molecule has 21 heavy (non-hydrogen) atoms. The Morgan fingerprint density at radius 3 is 2.71 bits per heavy atom. The number of para-hydroxylation sites is 1. The SMILES string of the molecule is CC(C)(C)c1ccccc1OCC(=O)N1CCC(CN)C1. The number of hydrogen-bond acceptors (Lipinski definition) is 3. The second kappa shape index (κ2) is 6.48. The van der Waals surface area contributed by atoms with Crippen LogP contribution in [0.4, 0.5) is 0 Å². The van der Waals surface area contributed by atoms with Gasteiger partial charge in [0, 0.05) is 13.1 Å². The molecule has 2 N–H and O–H groups in total. The Hall–Kier alpha value is -1.55. The highest BCUT2D eigenvalue weighted by Gasteiger charge is 2.26. The highest BCUT2D eigenvalue weighted by atomic mass is 16.5. The standard InChI is InChI=1S/C17H26N2O2/c1-17(2,3)14-6-4-5-7-15(14)21-12-16(20)19-9-8-13(10-18)11-19/h4-7,13H,8-12,18H2,1-3H3. The summed E-state index contributed by atoms with van der Waals surface area (Å²) in [7, 11) is 0. The summed E-state index contributed by atoms with van der Waals surface area (Å²) in [4.78, 5) is 14.1. The van der Waals surface area contributed by atoms with Crippen molar-refractivity contribution in [3.05, 3.63) is 29.8 Å². The smallest absolute Gasteiger partial charge is 0.260 e. The number of amides is 1. The summed E-state index contributed by atoms with van der Waals surface area (Å²) in [5.41, 5.74) is 6.78. The average Bonchev–Trinajstić information content (AvgIpc) is 2.93. The molecule has 1 aromatic carbocycles. The third-order valence-corrected chi connectivity index (χ3v) is 4.02. The van der Waals surface area contributed by atoms with Crippen molar-refractivity contribution < 1.29 is 9.53 Å². The predicted molar refractivity (Wildman–Crippen MR) is 84.4 cm³/mol. The van der Waals surface area contributed by atoms with Gasteiger partial charge >= 0.3 is 0 Å². The number of ether oxygens (including phenoxy) is 1. The first kappa shape index (κ1) is 15.8. The summed E-state index contributed by atoms with van der Waals surface area (Å²) in [6, 6.07) is 7.93. The zero-order chi connectivity index (χ0) is 15.5. The van der Waals surface area contributed by atoms with Crippen molar-refractivity contribution in [1.29, 1.82) is 0 Å². The summed E-state index contributed by atoms with van der Waals surface area (Å²) in [5.74, 6) is 1.29. The molecule has 1 saturated heterocycles. The Balaban J connectivity index is 1.96. The molecule has 0 aromatic heterocycles. The van der Waals surface area contributed by atoms with Gasteiger partial charge in [-0.05, 0) is 35.9 Å². The first-order valence-electron chi connectivity index (χ1n) is 7.62. The Bertz CT molecular complexity index is 494. The summed E-state index contributed by atoms with van der Waals surface area (Å²) >= 11 is 0. The van der Waals surface area contributed by atoms with Crippen LogP contribution in [-0.2, 0) is 10.2 Å². The van der Waals surface area contributed by atoms with Crippen LogP contribution in [0, 0.1) is 5.92 Å². The lowest BCUT2D eigenvalue weighted by atomic mass is 9.86. The Kier molecular flexibility index (Phi) is 4.88. The predicted octanol–water partition coefficient (Wildman–Crippen LogP) is 2.17. The molecule has 1 aliphatic heterocycles. The first-order valence-corrected chi connectivity index (χ1v) is 7.62. The van der Waals surface area contributed by atoms with Crippen LogP contribution in [0.2, 0.25) is 0 Å². The minimum absolute atomic E-state index is 0.00205. The minimum atomic E-state index is -0.00205. The van der Waals surface area contributed by atoms with E-state index in [-0.39, 0.29) is 17.9 Å². The van der Waals surface area contributed by atoms with Crippen LogP contribution < -0.4 is 10.5 Å². The number of rotatable bonds is 4. The highest BCUT2D eigenvalue weighted by Crippen LogP contribution is 2.31. The molecular weight excluding hydrogens is 264 g/mol. The normalized spacial score (nSPS) is 18.9. The minimum Gasteiger partial charge on any atom is -0.483 e. The maximum atomic E-state index is 12.2. The van der Waals surface area contributed by atoms with Gasteiger partial charge in [-0.25, -0.2) is 0 Å². The van der Waals surface area contributed by atoms with Crippen molar-refractivity contribution in [2.24, 2.45) is 11.7 Å². The summed E-state index contributed by atoms with van der Waals surface area (Å²) in [6.07, 6.45) is 1.00. The molecule has 1 atom stereocenters. The molecule has 0 radical (unpaired) electrons. The van der Waals surface area contributed by atoms with Gasteiger partial charge in [0.2, 0.25) is 0 Å². The quantitative estimate of drug-likeness (QED) is 0.924. The Morgan fingerprint density at radius 1 is 1.38 bits per heavy atom. The van der Waals surface area contributed by atoms with Crippen LogP contribution in [0.3, 0.4) is 0 Å². The summed E-state index contributed by atoms with van der Waals surface area (Å²) in [5, 5.41) is 0. The molecule has 0 bridgehead atoms. The molecule has 0 aliphatic carbocycles. The highest BCUT2D eigenvalue weighted by molar-refractivity contribution is 5.78. The van der Waals surface area contributed by atoms with E-state index >= 15 is 0 Å². The van der Waals surface area contributed by atoms with Crippen LogP contribution in [0.25, 0.3) is 0 Å². The van der Waals surface area contributed by atoms with E-state index < -0.39 is 0 Å². The van der Waals surface area contributed by atoms with Gasteiger partial charge in [-0.3, -0.25) is 4.79 Å². The second-order valence-corrected chi connectivity index (χ2v) is 6.76. The van der Waals surface area contributed by atoms with Crippen LogP contribution in [0.1, 0.15) is 32.8 Å². The molecule has 1 heterocycles. The fraction of sp³-hybridized carbons (Fsp3) is 0.588. The van der Waals surface area contributed by atoms with Crippen molar-refractivity contribution in [1.82, 2.24) is 4.90 Å². The third-order valence-electron chi connectivity index (χ3n) is 4.02. The van der Waals surface area contributed by atoms with Crippen LogP contribution in [-0.4, -0.2) is 37.0 Å². The van der Waals surface area contributed by atoms with Crippen molar-refractivity contribution in [2.75, 3.05) is 26.2 Å². The van der Waals surface area contributed by atoms with Gasteiger partial charge in [-0.2, -0.15) is 0 Å². The molecule has 2 rings (SSSR count). The largest absolute Gasteiger partial charge is 0.483 e. The van der Waals surface area contributed by atoms with Crippen LogP contribution in [0.5, 0.6) is 5.75 Å². The number of carbonyl (C=O) groups excluding carboxylic acids is 1. The maximum Gasteiger partial charge on any atom is 0.260 e. The lowest BCUT2D eigenvalue weighted by Crippen LogP contribution is -2.34. The number of nitrogens with zero attached hydrogens (tertiary/aromatic N) is 1. The lowest BCUT2D eigenvalue weighted by Gasteiger charge is -2.23. The van der Waals surface area contributed by atoms with Gasteiger partial charge in [0.05, 0.1) is 0 Å². The van der Waals surface area contributed by atoms with Crippen molar-refractivity contribution in [3.8, 4) is 5.75 Å². The van der Waals surface area contributed by atoms with Gasteiger partial charge in [-0.15, -0.1) is 0 Å². The van der Waals surface area contributed by atoms with Gasteiger partial charge in [0.25, 0.3) is 5.91 Å². The number of benzene rings is 1. The van der Waals surface area contributed by atoms with E-state index in [1.54, 1.807) is 0 Å². The van der Waals surface area contributed by atoms with Gasteiger partial charge in [0.15, 0.2) is 6.61 Å². The van der Waals surface area contributed by atoms with E-state index in [1.807, 2.05) is 23.1 Å². The van der Waals surface area contributed by atoms with E-state index in [2.05, 4.69) is 26.8 Å². The zero-order valence-corrected chi connectivity index (χ0v) is 13.3. The van der Waals surface area contributed by atoms with E-state index in [0.29, 0.717) is 12.5 Å². The van der Waals surface area contributed by atoms with Crippen LogP contribution in [0.15, 0.2) is 24.3 Å². The van der Waals surface area contributed by atoms with Gasteiger partial charge in [-0.1, -0.05) is 39.0 Å². The van der Waals surface area contributed by atoms with E-state index in [4.69, 9.17) is 10.5 Å². The molecule has 1 aliphatic rings. The molecule has 1 aromatic rings. The average molecular weight is 290 g/mol. The topological polar surface area (TPSA) is 55.6 Å². The van der Waals surface area contributed by atoms with Crippen LogP contribution >= 0.6 is 0 Å². The van der Waals surface area contributed by atoms with Crippen molar-refractivity contribution in [2.45, 2.75) is 32.6 Å². The van der Waals surface area contributed by atoms with E-state index in [9.17, 15) is 4.79 Å². The molecule has 1 unspecified atom stereocenters. The lowest BCUT2D eigenvalue weighted by molar-refractivity contribution is -0.132. The van der Waals surface area contributed by atoms with Gasteiger partial charge < -0.3 is 15.4 Å². The maximum absolute atomic E-state index is 12.2. The first-order chi connectivity index (χ1) is 9.91. The van der Waals surface area contributed by atoms with Crippen molar-refractivity contribution in [3.63, 3.8) is 0 Å². The summed E-state index contributed by atoms with van der Waals surface area (Å²) in [6.45, 7) is 8.74. The second-order valence-electron chi connectivity index (χ2n) is 6.76. The third kappa shape index (κ3) is 3.97. The van der Waals surface area contributed by atoms with Crippen molar-refractivity contribution >= 4 is 5.91 Å². The number of likely N-dealkylation sites (tertiary alicyclic amines) is 1. The molecule has 0 spiro atoms. The monoisotopic (exact) mass is 290 g/mol. The molecular formula is C17H26N2O2. The summed E-state index contributed by atoms with van der Waals surface area (Å²) < 4.78 is 5.78. The van der Waals surface area contributed by atoms with Gasteiger partial charge in [0.1, 0.15) is 5.75 Å². The Labute approximate surface area is 127 Å². The fourth-order valence-corrected chi connectivity index (χ4v) is 2.69. The fourth-order valence-electron chi connectivity index (χ4n) is 2.69. The molecule has 116 valence electrons. The molecule has 1 amide bonds. The molecule has 0 saturated carbocycles. The van der Waals surface area contributed by atoms with E-state index in [0.717, 1.165) is 30.8 Å². The number of hydrogen-bond donors (Lipinski definition) is 1.